The maximum absolute atomic E-state index is 12.3. The normalized spacial score (nSPS) is 23.2. The molecular weight excluding hydrogens is 452 g/mol. The molecule has 1 atom stereocenters. The van der Waals surface area contributed by atoms with E-state index in [-0.39, 0.29) is 17.7 Å². The zero-order valence-electron chi connectivity index (χ0n) is 19.6. The van der Waals surface area contributed by atoms with Gasteiger partial charge in [0, 0.05) is 43.8 Å². The van der Waals surface area contributed by atoms with E-state index in [4.69, 9.17) is 4.98 Å². The Morgan fingerprint density at radius 3 is 2.76 bits per heavy atom. The molecule has 5 rings (SSSR count). The zero-order chi connectivity index (χ0) is 24.1. The lowest BCUT2D eigenvalue weighted by molar-refractivity contribution is -0.107. The Bertz CT molecular complexity index is 1280. The van der Waals surface area contributed by atoms with Crippen molar-refractivity contribution in [2.45, 2.75) is 44.7 Å². The number of nitriles is 1. The number of amides is 1. The van der Waals surface area contributed by atoms with E-state index >= 15 is 0 Å². The van der Waals surface area contributed by atoms with Gasteiger partial charge in [-0.25, -0.2) is 13.4 Å². The number of nitrogens with one attached hydrogen (secondary N) is 1. The number of H-pyrrole nitrogens is 1. The third-order valence-electron chi connectivity index (χ3n) is 7.48. The molecule has 180 valence electrons. The number of rotatable bonds is 8. The molecular formula is C24H30N6O3S. The quantitative estimate of drug-likeness (QED) is 0.578. The average Bonchev–Trinajstić information content (AvgIpc) is 3.51. The highest BCUT2D eigenvalue weighted by Gasteiger charge is 2.51. The van der Waals surface area contributed by atoms with Gasteiger partial charge in [-0.05, 0) is 49.0 Å². The van der Waals surface area contributed by atoms with Crippen molar-refractivity contribution in [2.75, 3.05) is 36.8 Å². The van der Waals surface area contributed by atoms with E-state index in [9.17, 15) is 18.5 Å². The second-order valence-electron chi connectivity index (χ2n) is 9.71. The first-order valence-electron chi connectivity index (χ1n) is 11.8. The van der Waals surface area contributed by atoms with Gasteiger partial charge in [-0.3, -0.25) is 14.6 Å². The van der Waals surface area contributed by atoms with Crippen LogP contribution in [0.25, 0.3) is 16.6 Å². The standard InChI is InChI=1S/C24H30N6O3S/c1-3-34(32,33)29-14-24(15-29,8-9-25)28-11-7-19(17(2)13-28)21-12-22(30(16-31)18-4-5-18)27-23-20(21)6-10-26-23/h6-7,10,12,16-18H,3-5,8,11,13-15H2,1-2H3,(H,26,27). The van der Waals surface area contributed by atoms with Crippen LogP contribution in [0.5, 0.6) is 0 Å². The summed E-state index contributed by atoms with van der Waals surface area (Å²) in [5, 5.41) is 10.5. The van der Waals surface area contributed by atoms with Gasteiger partial charge < -0.3 is 4.98 Å². The van der Waals surface area contributed by atoms with Crippen molar-refractivity contribution in [3.8, 4) is 6.07 Å². The van der Waals surface area contributed by atoms with Crippen LogP contribution >= 0.6 is 0 Å². The fourth-order valence-corrected chi connectivity index (χ4v) is 6.55. The zero-order valence-corrected chi connectivity index (χ0v) is 20.4. The van der Waals surface area contributed by atoms with Crippen LogP contribution in [-0.4, -0.2) is 77.5 Å². The molecule has 2 aliphatic heterocycles. The molecule has 9 nitrogen and oxygen atoms in total. The molecule has 1 aliphatic carbocycles. The second kappa shape index (κ2) is 8.48. The van der Waals surface area contributed by atoms with E-state index in [0.29, 0.717) is 31.9 Å². The minimum absolute atomic E-state index is 0.0752. The summed E-state index contributed by atoms with van der Waals surface area (Å²) in [7, 11) is -3.25. The predicted molar refractivity (Wildman–Crippen MR) is 130 cm³/mol. The van der Waals surface area contributed by atoms with Crippen LogP contribution in [-0.2, 0) is 14.8 Å². The summed E-state index contributed by atoms with van der Waals surface area (Å²) < 4.78 is 26.1. The molecule has 10 heteroatoms. The summed E-state index contributed by atoms with van der Waals surface area (Å²) in [5.41, 5.74) is 2.57. The van der Waals surface area contributed by atoms with Gasteiger partial charge in [-0.15, -0.1) is 0 Å². The van der Waals surface area contributed by atoms with Crippen LogP contribution in [0.4, 0.5) is 5.82 Å². The molecule has 3 aliphatic rings. The summed E-state index contributed by atoms with van der Waals surface area (Å²) in [5.74, 6) is 0.907. The van der Waals surface area contributed by atoms with Gasteiger partial charge in [0.15, 0.2) is 0 Å². The first-order valence-corrected chi connectivity index (χ1v) is 13.4. The van der Waals surface area contributed by atoms with Crippen molar-refractivity contribution in [1.29, 1.82) is 5.26 Å². The molecule has 4 heterocycles. The third kappa shape index (κ3) is 3.82. The maximum Gasteiger partial charge on any atom is 0.215 e. The number of hydrogen-bond donors (Lipinski definition) is 1. The molecule has 2 aromatic rings. The van der Waals surface area contributed by atoms with Gasteiger partial charge in [0.25, 0.3) is 0 Å². The first-order chi connectivity index (χ1) is 16.3. The van der Waals surface area contributed by atoms with E-state index in [1.165, 1.54) is 9.88 Å². The van der Waals surface area contributed by atoms with Crippen molar-refractivity contribution in [1.82, 2.24) is 19.2 Å². The first kappa shape index (κ1) is 23.0. The van der Waals surface area contributed by atoms with Crippen LogP contribution in [0.3, 0.4) is 0 Å². The summed E-state index contributed by atoms with van der Waals surface area (Å²) in [6.45, 7) is 5.92. The number of carbonyl (C=O) groups excluding carboxylic acids is 1. The molecule has 34 heavy (non-hydrogen) atoms. The Kier molecular flexibility index (Phi) is 5.74. The van der Waals surface area contributed by atoms with E-state index < -0.39 is 15.6 Å². The van der Waals surface area contributed by atoms with Gasteiger partial charge in [-0.2, -0.15) is 9.57 Å². The fraction of sp³-hybridized carbons (Fsp3) is 0.542. The predicted octanol–water partition coefficient (Wildman–Crippen LogP) is 2.34. The van der Waals surface area contributed by atoms with Gasteiger partial charge in [0.1, 0.15) is 11.5 Å². The number of anilines is 1. The molecule has 1 amide bonds. The average molecular weight is 483 g/mol. The lowest BCUT2D eigenvalue weighted by Gasteiger charge is -2.55. The molecule has 1 unspecified atom stereocenters. The molecule has 1 N–H and O–H groups in total. The van der Waals surface area contributed by atoms with E-state index in [1.807, 2.05) is 18.3 Å². The molecule has 0 radical (unpaired) electrons. The van der Waals surface area contributed by atoms with E-state index in [1.54, 1.807) is 11.8 Å². The lowest BCUT2D eigenvalue weighted by Crippen LogP contribution is -2.72. The van der Waals surface area contributed by atoms with E-state index in [0.717, 1.165) is 42.4 Å². The van der Waals surface area contributed by atoms with Crippen molar-refractivity contribution >= 4 is 38.9 Å². The largest absolute Gasteiger partial charge is 0.346 e. The minimum Gasteiger partial charge on any atom is -0.346 e. The SMILES string of the molecule is CCS(=O)(=O)N1CC(CC#N)(N2CC=C(c3cc(N(C=O)C4CC4)nc4[nH]ccc34)C(C)C2)C1. The molecule has 2 fully saturated rings. The molecule has 2 aromatic heterocycles. The molecule has 1 saturated carbocycles. The monoisotopic (exact) mass is 482 g/mol. The number of nitrogens with zero attached hydrogens (tertiary/aromatic N) is 5. The molecule has 1 saturated heterocycles. The van der Waals surface area contributed by atoms with Gasteiger partial charge in [-0.1, -0.05) is 13.0 Å². The van der Waals surface area contributed by atoms with Crippen LogP contribution in [0.2, 0.25) is 0 Å². The number of fused-ring (bicyclic) bond motifs is 1. The van der Waals surface area contributed by atoms with Crippen LogP contribution < -0.4 is 4.90 Å². The summed E-state index contributed by atoms with van der Waals surface area (Å²) in [6, 6.07) is 6.54. The van der Waals surface area contributed by atoms with E-state index in [2.05, 4.69) is 29.0 Å². The summed E-state index contributed by atoms with van der Waals surface area (Å²) in [4.78, 5) is 23.6. The number of sulfonamides is 1. The van der Waals surface area contributed by atoms with Crippen molar-refractivity contribution < 1.29 is 13.2 Å². The Labute approximate surface area is 200 Å². The summed E-state index contributed by atoms with van der Waals surface area (Å²) in [6.07, 6.45) is 7.23. The lowest BCUT2D eigenvalue weighted by atomic mass is 9.82. The maximum atomic E-state index is 12.3. The highest BCUT2D eigenvalue weighted by molar-refractivity contribution is 7.89. The molecule has 0 aromatic carbocycles. The Morgan fingerprint density at radius 1 is 1.38 bits per heavy atom. The Morgan fingerprint density at radius 2 is 2.15 bits per heavy atom. The minimum atomic E-state index is -3.25. The molecule has 0 bridgehead atoms. The van der Waals surface area contributed by atoms with Crippen molar-refractivity contribution in [3.05, 3.63) is 30.0 Å². The van der Waals surface area contributed by atoms with Crippen LogP contribution in [0.1, 0.15) is 38.7 Å². The topological polar surface area (TPSA) is 113 Å². The van der Waals surface area contributed by atoms with Gasteiger partial charge in [0.2, 0.25) is 16.4 Å². The number of carbonyl (C=O) groups is 1. The number of pyridine rings is 1. The highest BCUT2D eigenvalue weighted by Crippen LogP contribution is 2.40. The number of hydrogen-bond acceptors (Lipinski definition) is 6. The fourth-order valence-electron chi connectivity index (χ4n) is 5.31. The van der Waals surface area contributed by atoms with Crippen molar-refractivity contribution in [3.63, 3.8) is 0 Å². The highest BCUT2D eigenvalue weighted by atomic mass is 32.2. The number of aromatic amines is 1. The van der Waals surface area contributed by atoms with Crippen molar-refractivity contribution in [2.24, 2.45) is 5.92 Å². The number of aromatic nitrogens is 2. The molecule has 0 spiro atoms. The third-order valence-corrected chi connectivity index (χ3v) is 9.25. The Balaban J connectivity index is 1.45. The van der Waals surface area contributed by atoms with Gasteiger partial charge >= 0.3 is 0 Å². The smallest absolute Gasteiger partial charge is 0.215 e. The summed E-state index contributed by atoms with van der Waals surface area (Å²) >= 11 is 0. The Hall–Kier alpha value is -2.74. The van der Waals surface area contributed by atoms with Crippen LogP contribution in [0.15, 0.2) is 24.4 Å². The second-order valence-corrected chi connectivity index (χ2v) is 12.0. The van der Waals surface area contributed by atoms with Gasteiger partial charge in [0.05, 0.1) is 23.8 Å². The van der Waals surface area contributed by atoms with Crippen LogP contribution in [0, 0.1) is 17.2 Å².